The molecule has 0 aliphatic carbocycles. The molecule has 1 rings (SSSR count). The summed E-state index contributed by atoms with van der Waals surface area (Å²) in [5, 5.41) is 0. The van der Waals surface area contributed by atoms with Crippen LogP contribution in [0.3, 0.4) is 0 Å². The Balaban J connectivity index is 2.38. The van der Waals surface area contributed by atoms with E-state index in [4.69, 9.17) is 9.47 Å². The highest BCUT2D eigenvalue weighted by molar-refractivity contribution is 6.12. The first-order valence-corrected chi connectivity index (χ1v) is 6.24. The summed E-state index contributed by atoms with van der Waals surface area (Å²) in [6, 6.07) is 0. The fraction of sp³-hybridized carbons (Fsp3) is 1.00. The predicted molar refractivity (Wildman–Crippen MR) is 57.0 cm³/mol. The van der Waals surface area contributed by atoms with Crippen molar-refractivity contribution in [3.05, 3.63) is 0 Å². The van der Waals surface area contributed by atoms with Gasteiger partial charge in [0.05, 0.1) is 0 Å². The van der Waals surface area contributed by atoms with E-state index < -0.39 is 0 Å². The average molecular weight is 203 g/mol. The topological polar surface area (TPSA) is 21.7 Å². The van der Waals surface area contributed by atoms with Crippen molar-refractivity contribution in [3.63, 3.8) is 0 Å². The molecule has 0 aromatic carbocycles. The molecule has 0 saturated carbocycles. The second kappa shape index (κ2) is 5.75. The Labute approximate surface area is 83.8 Å². The lowest BCUT2D eigenvalue weighted by molar-refractivity contribution is -0.129. The zero-order valence-electron chi connectivity index (χ0n) is 8.95. The minimum atomic E-state index is -0.0234. The fourth-order valence-corrected chi connectivity index (χ4v) is 3.05. The Morgan fingerprint density at radius 3 is 2.08 bits per heavy atom. The van der Waals surface area contributed by atoms with Crippen LogP contribution in [0.25, 0.3) is 0 Å². The van der Waals surface area contributed by atoms with E-state index in [0.717, 1.165) is 10.2 Å². The minimum Gasteiger partial charge on any atom is -0.355 e. The summed E-state index contributed by atoms with van der Waals surface area (Å²) >= 11 is 0. The number of rotatable bonds is 4. The van der Waals surface area contributed by atoms with Crippen LogP contribution in [0, 0.1) is 0 Å². The van der Waals surface area contributed by atoms with Gasteiger partial charge in [-0.2, -0.15) is 0 Å². The van der Waals surface area contributed by atoms with Crippen molar-refractivity contribution in [1.82, 2.24) is 4.90 Å². The largest absolute Gasteiger partial charge is 0.355 e. The van der Waals surface area contributed by atoms with Crippen LogP contribution in [0.15, 0.2) is 0 Å². The standard InChI is InChI=1S/C9H21NO2Si/c1-11-9(12-2)8(13)10-6-4-3-5-7-10/h8-9H,3-7H2,1-2,13H3. The number of nitrogens with zero attached hydrogens (tertiary/aromatic N) is 1. The van der Waals surface area contributed by atoms with E-state index in [9.17, 15) is 0 Å². The van der Waals surface area contributed by atoms with Crippen molar-refractivity contribution < 1.29 is 9.47 Å². The van der Waals surface area contributed by atoms with E-state index in [-0.39, 0.29) is 6.29 Å². The molecule has 3 nitrogen and oxygen atoms in total. The second-order valence-corrected chi connectivity index (χ2v) is 4.86. The Kier molecular flexibility index (Phi) is 4.94. The third-order valence-corrected chi connectivity index (χ3v) is 4.10. The first kappa shape index (κ1) is 11.2. The Morgan fingerprint density at radius 2 is 1.62 bits per heavy atom. The van der Waals surface area contributed by atoms with E-state index in [0.29, 0.717) is 5.67 Å². The normalized spacial score (nSPS) is 22.4. The Morgan fingerprint density at radius 1 is 1.08 bits per heavy atom. The van der Waals surface area contributed by atoms with Gasteiger partial charge in [-0.3, -0.25) is 4.90 Å². The van der Waals surface area contributed by atoms with Crippen LogP contribution in [0.1, 0.15) is 19.3 Å². The van der Waals surface area contributed by atoms with Gasteiger partial charge in [0.25, 0.3) is 0 Å². The van der Waals surface area contributed by atoms with Gasteiger partial charge in [0, 0.05) is 30.1 Å². The number of piperidine rings is 1. The lowest BCUT2D eigenvalue weighted by Crippen LogP contribution is -2.47. The summed E-state index contributed by atoms with van der Waals surface area (Å²) in [7, 11) is 4.56. The molecule has 0 aromatic heterocycles. The quantitative estimate of drug-likeness (QED) is 0.466. The van der Waals surface area contributed by atoms with Gasteiger partial charge >= 0.3 is 0 Å². The summed E-state index contributed by atoms with van der Waals surface area (Å²) in [4.78, 5) is 2.51. The van der Waals surface area contributed by atoms with Crippen molar-refractivity contribution in [3.8, 4) is 0 Å². The monoisotopic (exact) mass is 203 g/mol. The first-order chi connectivity index (χ1) is 6.29. The van der Waals surface area contributed by atoms with Crippen LogP contribution >= 0.6 is 0 Å². The third kappa shape index (κ3) is 3.05. The first-order valence-electron chi connectivity index (χ1n) is 5.09. The molecule has 1 aliphatic rings. The lowest BCUT2D eigenvalue weighted by atomic mass is 10.1. The van der Waals surface area contributed by atoms with Crippen molar-refractivity contribution in [2.75, 3.05) is 27.3 Å². The molecule has 0 bridgehead atoms. The number of methoxy groups -OCH3 is 2. The van der Waals surface area contributed by atoms with E-state index in [1.807, 2.05) is 0 Å². The molecule has 0 amide bonds. The SMILES string of the molecule is COC(OC)C([SiH3])N1CCCCC1. The van der Waals surface area contributed by atoms with Gasteiger partial charge in [0.1, 0.15) is 0 Å². The van der Waals surface area contributed by atoms with Crippen molar-refractivity contribution >= 4 is 10.2 Å². The third-order valence-electron chi connectivity index (χ3n) is 2.83. The molecule has 1 saturated heterocycles. The van der Waals surface area contributed by atoms with Gasteiger partial charge in [-0.05, 0) is 25.9 Å². The van der Waals surface area contributed by atoms with E-state index >= 15 is 0 Å². The molecule has 0 aromatic rings. The van der Waals surface area contributed by atoms with E-state index in [2.05, 4.69) is 4.90 Å². The molecule has 0 N–H and O–H groups in total. The Bertz CT molecular complexity index is 136. The number of likely N-dealkylation sites (tertiary alicyclic amines) is 1. The maximum absolute atomic E-state index is 5.29. The number of hydrogen-bond acceptors (Lipinski definition) is 3. The van der Waals surface area contributed by atoms with Crippen LogP contribution in [-0.4, -0.2) is 54.4 Å². The molecule has 1 unspecified atom stereocenters. The van der Waals surface area contributed by atoms with Crippen molar-refractivity contribution in [2.45, 2.75) is 31.2 Å². The molecule has 1 fully saturated rings. The molecular formula is C9H21NO2Si. The van der Waals surface area contributed by atoms with E-state index in [1.54, 1.807) is 14.2 Å². The van der Waals surface area contributed by atoms with Gasteiger partial charge < -0.3 is 9.47 Å². The van der Waals surface area contributed by atoms with Crippen molar-refractivity contribution in [1.29, 1.82) is 0 Å². The van der Waals surface area contributed by atoms with Gasteiger partial charge in [0.2, 0.25) is 0 Å². The number of ether oxygens (including phenoxy) is 2. The fourth-order valence-electron chi connectivity index (χ4n) is 1.99. The molecule has 78 valence electrons. The molecule has 13 heavy (non-hydrogen) atoms. The molecule has 1 heterocycles. The smallest absolute Gasteiger partial charge is 0.168 e. The maximum atomic E-state index is 5.29. The van der Waals surface area contributed by atoms with Crippen LogP contribution in [0.2, 0.25) is 0 Å². The second-order valence-electron chi connectivity index (χ2n) is 3.68. The van der Waals surface area contributed by atoms with Crippen LogP contribution in [0.5, 0.6) is 0 Å². The van der Waals surface area contributed by atoms with Gasteiger partial charge in [-0.15, -0.1) is 0 Å². The van der Waals surface area contributed by atoms with Crippen LogP contribution < -0.4 is 0 Å². The molecule has 1 aliphatic heterocycles. The summed E-state index contributed by atoms with van der Waals surface area (Å²) in [5.41, 5.74) is 0.510. The molecular weight excluding hydrogens is 182 g/mol. The summed E-state index contributed by atoms with van der Waals surface area (Å²) in [6.45, 7) is 2.44. The molecule has 0 spiro atoms. The average Bonchev–Trinajstić information content (AvgIpc) is 2.21. The van der Waals surface area contributed by atoms with Crippen LogP contribution in [0.4, 0.5) is 0 Å². The highest BCUT2D eigenvalue weighted by Crippen LogP contribution is 2.13. The number of hydrogen-bond donors (Lipinski definition) is 0. The highest BCUT2D eigenvalue weighted by atomic mass is 28.1. The maximum Gasteiger partial charge on any atom is 0.168 e. The van der Waals surface area contributed by atoms with E-state index in [1.165, 1.54) is 32.4 Å². The molecule has 1 atom stereocenters. The highest BCUT2D eigenvalue weighted by Gasteiger charge is 2.23. The summed E-state index contributed by atoms with van der Waals surface area (Å²) < 4.78 is 10.6. The predicted octanol–water partition coefficient (Wildman–Crippen LogP) is -0.217. The molecule has 0 radical (unpaired) electrons. The molecule has 4 heteroatoms. The summed E-state index contributed by atoms with van der Waals surface area (Å²) in [5.74, 6) is 0. The minimum absolute atomic E-state index is 0.0234. The van der Waals surface area contributed by atoms with Crippen LogP contribution in [-0.2, 0) is 9.47 Å². The van der Waals surface area contributed by atoms with Gasteiger partial charge in [-0.25, -0.2) is 0 Å². The summed E-state index contributed by atoms with van der Waals surface area (Å²) in [6.07, 6.45) is 4.03. The zero-order chi connectivity index (χ0) is 9.68. The van der Waals surface area contributed by atoms with Crippen molar-refractivity contribution in [2.24, 2.45) is 0 Å². The zero-order valence-corrected chi connectivity index (χ0v) is 11.0. The van der Waals surface area contributed by atoms with Gasteiger partial charge in [-0.1, -0.05) is 6.42 Å². The Hall–Kier alpha value is 0.0969. The lowest BCUT2D eigenvalue weighted by Gasteiger charge is -2.35. The van der Waals surface area contributed by atoms with Gasteiger partial charge in [0.15, 0.2) is 6.29 Å².